The molecule has 1 aromatic rings. The molecule has 14 nitrogen and oxygen atoms in total. The molecule has 0 saturated carbocycles. The van der Waals surface area contributed by atoms with Gasteiger partial charge in [0.15, 0.2) is 17.8 Å². The zero-order chi connectivity index (χ0) is 27.4. The van der Waals surface area contributed by atoms with Crippen LogP contribution in [-0.2, 0) is 19.0 Å². The fourth-order valence-corrected chi connectivity index (χ4v) is 3.89. The van der Waals surface area contributed by atoms with Crippen molar-refractivity contribution in [1.82, 2.24) is 0 Å². The number of benzene rings is 1. The Balaban J connectivity index is 1.77. The van der Waals surface area contributed by atoms with Crippen molar-refractivity contribution >= 4 is 12.0 Å². The van der Waals surface area contributed by atoms with Crippen LogP contribution < -0.4 is 14.2 Å². The van der Waals surface area contributed by atoms with Crippen molar-refractivity contribution in [2.24, 2.45) is 0 Å². The fraction of sp³-hybridized carbons (Fsp3) is 0.609. The van der Waals surface area contributed by atoms with E-state index in [4.69, 9.17) is 33.5 Å². The topological polar surface area (TPSA) is 214 Å². The lowest BCUT2D eigenvalue weighted by Gasteiger charge is -2.42. The van der Waals surface area contributed by atoms with Crippen molar-refractivity contribution in [3.05, 3.63) is 23.8 Å². The summed E-state index contributed by atoms with van der Waals surface area (Å²) in [4.78, 5) is 10.8. The van der Waals surface area contributed by atoms with Gasteiger partial charge < -0.3 is 64.2 Å². The maximum Gasteiger partial charge on any atom is 0.328 e. The van der Waals surface area contributed by atoms with Crippen LogP contribution in [0.25, 0.3) is 6.08 Å². The Morgan fingerprint density at radius 2 is 1.43 bits per heavy atom. The number of aliphatic hydroxyl groups is 6. The summed E-state index contributed by atoms with van der Waals surface area (Å²) in [5, 5.41) is 70.0. The van der Waals surface area contributed by atoms with Crippen molar-refractivity contribution in [1.29, 1.82) is 0 Å². The second-order valence-electron chi connectivity index (χ2n) is 8.57. The average molecular weight is 532 g/mol. The first-order valence-electron chi connectivity index (χ1n) is 11.3. The van der Waals surface area contributed by atoms with Gasteiger partial charge in [0.2, 0.25) is 12.0 Å². The molecule has 3 rings (SSSR count). The van der Waals surface area contributed by atoms with Gasteiger partial charge in [-0.15, -0.1) is 0 Å². The summed E-state index contributed by atoms with van der Waals surface area (Å²) in [6.45, 7) is 1.00. The third-order valence-corrected chi connectivity index (χ3v) is 6.04. The van der Waals surface area contributed by atoms with E-state index in [0.717, 1.165) is 6.08 Å². The molecule has 10 atom stereocenters. The highest BCUT2D eigenvalue weighted by Gasteiger charge is 2.47. The van der Waals surface area contributed by atoms with Crippen molar-refractivity contribution < 1.29 is 69.0 Å². The van der Waals surface area contributed by atoms with E-state index in [1.807, 2.05) is 0 Å². The molecule has 0 spiro atoms. The Labute approximate surface area is 211 Å². The lowest BCUT2D eigenvalue weighted by Crippen LogP contribution is -2.61. The third kappa shape index (κ3) is 6.49. The van der Waals surface area contributed by atoms with Crippen LogP contribution in [0, 0.1) is 0 Å². The number of ether oxygens (including phenoxy) is 6. The van der Waals surface area contributed by atoms with E-state index >= 15 is 0 Å². The van der Waals surface area contributed by atoms with Gasteiger partial charge in [-0.1, -0.05) is 0 Å². The van der Waals surface area contributed by atoms with E-state index in [-0.39, 0.29) is 17.2 Å². The number of carbonyl (C=O) groups is 1. The largest absolute Gasteiger partial charge is 0.493 e. The van der Waals surface area contributed by atoms with Gasteiger partial charge in [0.1, 0.15) is 42.7 Å². The fourth-order valence-electron chi connectivity index (χ4n) is 3.89. The molecule has 1 aromatic carbocycles. The number of carboxylic acids is 1. The smallest absolute Gasteiger partial charge is 0.328 e. The lowest BCUT2D eigenvalue weighted by molar-refractivity contribution is -0.318. The number of carboxylic acid groups (broad SMARTS) is 1. The second kappa shape index (κ2) is 12.3. The van der Waals surface area contributed by atoms with Crippen LogP contribution in [0.1, 0.15) is 12.5 Å². The van der Waals surface area contributed by atoms with Gasteiger partial charge in [0.05, 0.1) is 26.9 Å². The van der Waals surface area contributed by atoms with Gasteiger partial charge in [-0.25, -0.2) is 4.79 Å². The molecule has 2 aliphatic rings. The number of aliphatic carboxylic acids is 1. The molecule has 37 heavy (non-hydrogen) atoms. The van der Waals surface area contributed by atoms with Crippen molar-refractivity contribution in [2.45, 2.75) is 68.3 Å². The molecule has 7 N–H and O–H groups in total. The van der Waals surface area contributed by atoms with Crippen LogP contribution >= 0.6 is 0 Å². The minimum atomic E-state index is -1.73. The van der Waals surface area contributed by atoms with Gasteiger partial charge in [0.25, 0.3) is 0 Å². The van der Waals surface area contributed by atoms with E-state index in [1.165, 1.54) is 39.4 Å². The molecule has 208 valence electrons. The molecule has 2 heterocycles. The van der Waals surface area contributed by atoms with Crippen molar-refractivity contribution in [3.8, 4) is 17.2 Å². The van der Waals surface area contributed by atoms with Crippen LogP contribution in [0.3, 0.4) is 0 Å². The van der Waals surface area contributed by atoms with E-state index in [0.29, 0.717) is 5.56 Å². The molecular weight excluding hydrogens is 500 g/mol. The highest BCUT2D eigenvalue weighted by atomic mass is 16.7. The average Bonchev–Trinajstić information content (AvgIpc) is 2.88. The monoisotopic (exact) mass is 532 g/mol. The minimum Gasteiger partial charge on any atom is -0.493 e. The number of rotatable bonds is 9. The van der Waals surface area contributed by atoms with E-state index in [1.54, 1.807) is 0 Å². The summed E-state index contributed by atoms with van der Waals surface area (Å²) < 4.78 is 32.8. The van der Waals surface area contributed by atoms with Crippen molar-refractivity contribution in [3.63, 3.8) is 0 Å². The van der Waals surface area contributed by atoms with Gasteiger partial charge >= 0.3 is 5.97 Å². The molecule has 0 bridgehead atoms. The summed E-state index contributed by atoms with van der Waals surface area (Å²) >= 11 is 0. The Kier molecular flexibility index (Phi) is 9.68. The van der Waals surface area contributed by atoms with E-state index < -0.39 is 74.0 Å². The molecule has 0 unspecified atom stereocenters. The molecule has 2 fully saturated rings. The van der Waals surface area contributed by atoms with E-state index in [2.05, 4.69) is 0 Å². The maximum absolute atomic E-state index is 10.8. The van der Waals surface area contributed by atoms with Crippen LogP contribution in [0.15, 0.2) is 18.2 Å². The zero-order valence-corrected chi connectivity index (χ0v) is 20.3. The Morgan fingerprint density at radius 1 is 0.865 bits per heavy atom. The van der Waals surface area contributed by atoms with Crippen LogP contribution in [-0.4, -0.2) is 124 Å². The highest BCUT2D eigenvalue weighted by molar-refractivity contribution is 5.85. The Morgan fingerprint density at radius 3 is 2.00 bits per heavy atom. The summed E-state index contributed by atoms with van der Waals surface area (Å²) in [5.41, 5.74) is 0.405. The predicted molar refractivity (Wildman–Crippen MR) is 122 cm³/mol. The van der Waals surface area contributed by atoms with Gasteiger partial charge in [0, 0.05) is 6.08 Å². The molecular formula is C23H32O14. The Bertz CT molecular complexity index is 928. The van der Waals surface area contributed by atoms with Gasteiger partial charge in [-0.3, -0.25) is 0 Å². The van der Waals surface area contributed by atoms with Gasteiger partial charge in [-0.05, 0) is 30.7 Å². The molecule has 2 aliphatic heterocycles. The minimum absolute atomic E-state index is 0.0400. The molecule has 0 aromatic heterocycles. The number of methoxy groups -OCH3 is 2. The molecule has 0 aliphatic carbocycles. The summed E-state index contributed by atoms with van der Waals surface area (Å²) in [6, 6.07) is 2.89. The van der Waals surface area contributed by atoms with Crippen LogP contribution in [0.4, 0.5) is 0 Å². The summed E-state index contributed by atoms with van der Waals surface area (Å²) in [5.74, 6) is -1.02. The standard InChI is InChI=1S/C23H32O14/c1-9-15(26)17(28)19(30)22(35-9)34-8-13-16(27)18(29)20(31)23(36-13)37-21-11(32-2)6-10(4-5-14(24)25)7-12(21)33-3/h4-7,9,13,15-20,22-23,26-31H,8H2,1-3H3,(H,24,25)/b5-4+/t9-,13+,15-,16+,17+,18-,19+,20+,22+,23-/m0/s1. The first-order chi connectivity index (χ1) is 17.5. The summed E-state index contributed by atoms with van der Waals surface area (Å²) in [7, 11) is 2.64. The maximum atomic E-state index is 10.8. The molecule has 14 heteroatoms. The normalized spacial score (nSPS) is 36.4. The molecule has 0 amide bonds. The number of hydrogen-bond acceptors (Lipinski definition) is 13. The first kappa shape index (κ1) is 29.0. The van der Waals surface area contributed by atoms with E-state index in [9.17, 15) is 35.4 Å². The van der Waals surface area contributed by atoms with Crippen molar-refractivity contribution in [2.75, 3.05) is 20.8 Å². The quantitative estimate of drug-likeness (QED) is 0.169. The molecule has 2 saturated heterocycles. The molecule has 0 radical (unpaired) electrons. The first-order valence-corrected chi connectivity index (χ1v) is 11.3. The Hall–Kier alpha value is -2.53. The zero-order valence-electron chi connectivity index (χ0n) is 20.3. The SMILES string of the molecule is COc1cc(/C=C/C(=O)O)cc(OC)c1O[C@@H]1O[C@H](CO[C@@H]2O[C@@H](C)[C@H](O)[C@@H](O)[C@H]2O)[C@@H](O)[C@H](O)[C@H]1O. The third-order valence-electron chi connectivity index (χ3n) is 6.04. The summed E-state index contributed by atoms with van der Waals surface area (Å²) in [6.07, 6.45) is -12.4. The number of hydrogen-bond donors (Lipinski definition) is 7. The lowest BCUT2D eigenvalue weighted by atomic mass is 9.98. The van der Waals surface area contributed by atoms with Gasteiger partial charge in [-0.2, -0.15) is 0 Å². The second-order valence-corrected chi connectivity index (χ2v) is 8.57. The van der Waals surface area contributed by atoms with Crippen LogP contribution in [0.2, 0.25) is 0 Å². The predicted octanol–water partition coefficient (Wildman–Crippen LogP) is -2.17. The van der Waals surface area contributed by atoms with Crippen LogP contribution in [0.5, 0.6) is 17.2 Å². The highest BCUT2D eigenvalue weighted by Crippen LogP contribution is 2.41. The number of aliphatic hydroxyl groups excluding tert-OH is 6.